The first-order valence-electron chi connectivity index (χ1n) is 10.7. The molecule has 24 heavy (non-hydrogen) atoms. The smallest absolute Gasteiger partial charge is 0.0279 e. The fourth-order valence-electron chi connectivity index (χ4n) is 4.01. The Morgan fingerprint density at radius 3 is 1.71 bits per heavy atom. The Kier molecular flexibility index (Phi) is 8.36. The van der Waals surface area contributed by atoms with Crippen molar-refractivity contribution in [2.24, 2.45) is 11.3 Å². The summed E-state index contributed by atoms with van der Waals surface area (Å²) < 4.78 is 0. The predicted molar refractivity (Wildman–Crippen MR) is 108 cm³/mol. The van der Waals surface area contributed by atoms with Gasteiger partial charge in [-0.25, -0.2) is 0 Å². The molecular weight excluding hydrogens is 288 g/mol. The normalized spacial score (nSPS) is 22.7. The first kappa shape index (κ1) is 19.5. The molecule has 0 aromatic heterocycles. The summed E-state index contributed by atoms with van der Waals surface area (Å²) in [4.78, 5) is 0. The van der Waals surface area contributed by atoms with Gasteiger partial charge in [-0.05, 0) is 61.0 Å². The highest BCUT2D eigenvalue weighted by Gasteiger charge is 2.45. The number of rotatable bonds is 13. The maximum atomic E-state index is 2.48. The molecule has 1 aromatic rings. The van der Waals surface area contributed by atoms with Crippen LogP contribution in [0.4, 0.5) is 0 Å². The van der Waals surface area contributed by atoms with E-state index in [0.29, 0.717) is 5.41 Å². The zero-order valence-electron chi connectivity index (χ0n) is 16.6. The van der Waals surface area contributed by atoms with Crippen LogP contribution < -0.4 is 0 Å². The molecular formula is C24H40. The minimum absolute atomic E-state index is 0.715. The van der Waals surface area contributed by atoms with Gasteiger partial charge in [0.15, 0.2) is 0 Å². The van der Waals surface area contributed by atoms with E-state index in [4.69, 9.17) is 0 Å². The second kappa shape index (κ2) is 10.3. The van der Waals surface area contributed by atoms with Crippen LogP contribution in [0.2, 0.25) is 0 Å². The summed E-state index contributed by atoms with van der Waals surface area (Å²) in [7, 11) is 0. The van der Waals surface area contributed by atoms with Gasteiger partial charge in [-0.15, -0.1) is 0 Å². The largest absolute Gasteiger partial charge is 0.0654 e. The highest BCUT2D eigenvalue weighted by atomic mass is 14.5. The van der Waals surface area contributed by atoms with Crippen LogP contribution in [0.15, 0.2) is 24.3 Å². The zero-order chi connectivity index (χ0) is 17.3. The van der Waals surface area contributed by atoms with Gasteiger partial charge >= 0.3 is 0 Å². The van der Waals surface area contributed by atoms with Crippen molar-refractivity contribution < 1.29 is 0 Å². The Labute approximate surface area is 151 Å². The molecule has 0 spiro atoms. The third-order valence-corrected chi connectivity index (χ3v) is 6.36. The third-order valence-electron chi connectivity index (χ3n) is 6.36. The molecule has 1 saturated carbocycles. The molecule has 2 atom stereocenters. The minimum Gasteiger partial charge on any atom is -0.0654 e. The highest BCUT2D eigenvalue weighted by molar-refractivity contribution is 5.22. The van der Waals surface area contributed by atoms with Crippen LogP contribution in [0, 0.1) is 11.3 Å². The molecule has 0 radical (unpaired) electrons. The molecule has 0 heterocycles. The molecule has 0 nitrogen and oxygen atoms in total. The summed E-state index contributed by atoms with van der Waals surface area (Å²) in [6.45, 7) is 7.17. The van der Waals surface area contributed by atoms with Crippen molar-refractivity contribution >= 4 is 0 Å². The maximum Gasteiger partial charge on any atom is -0.0279 e. The second-order valence-electron chi connectivity index (χ2n) is 8.65. The van der Waals surface area contributed by atoms with E-state index in [1.807, 2.05) is 0 Å². The summed E-state index contributed by atoms with van der Waals surface area (Å²) >= 11 is 0. The lowest BCUT2D eigenvalue weighted by Crippen LogP contribution is -1.96. The van der Waals surface area contributed by atoms with E-state index in [1.165, 1.54) is 94.6 Å². The van der Waals surface area contributed by atoms with E-state index in [1.54, 1.807) is 0 Å². The van der Waals surface area contributed by atoms with Gasteiger partial charge in [-0.2, -0.15) is 0 Å². The molecule has 0 bridgehead atoms. The molecule has 0 heteroatoms. The van der Waals surface area contributed by atoms with Crippen molar-refractivity contribution in [3.63, 3.8) is 0 Å². The third kappa shape index (κ3) is 6.99. The van der Waals surface area contributed by atoms with Crippen LogP contribution in [-0.2, 0) is 12.8 Å². The monoisotopic (exact) mass is 328 g/mol. The van der Waals surface area contributed by atoms with Crippen molar-refractivity contribution in [1.29, 1.82) is 0 Å². The van der Waals surface area contributed by atoms with Crippen molar-refractivity contribution in [3.05, 3.63) is 35.4 Å². The lowest BCUT2D eigenvalue weighted by atomic mass is 9.97. The van der Waals surface area contributed by atoms with Crippen LogP contribution in [-0.4, -0.2) is 0 Å². The second-order valence-corrected chi connectivity index (χ2v) is 8.65. The molecule has 1 aliphatic carbocycles. The molecule has 2 rings (SSSR count). The van der Waals surface area contributed by atoms with Gasteiger partial charge in [0, 0.05) is 0 Å². The fraction of sp³-hybridized carbons (Fsp3) is 0.750. The van der Waals surface area contributed by atoms with Crippen LogP contribution >= 0.6 is 0 Å². The van der Waals surface area contributed by atoms with Crippen LogP contribution in [0.3, 0.4) is 0 Å². The maximum absolute atomic E-state index is 2.48. The molecule has 2 unspecified atom stereocenters. The van der Waals surface area contributed by atoms with Gasteiger partial charge < -0.3 is 0 Å². The van der Waals surface area contributed by atoms with E-state index in [9.17, 15) is 0 Å². The minimum atomic E-state index is 0.715. The Morgan fingerprint density at radius 2 is 1.25 bits per heavy atom. The standard InChI is InChI=1S/C24H40/c1-4-5-6-7-10-13-22-15-17-23(18-16-22)14-11-8-9-12-19-24(3)20-21(24)2/h15-18,21H,4-14,19-20H2,1-3H3. The van der Waals surface area contributed by atoms with Gasteiger partial charge in [0.25, 0.3) is 0 Å². The van der Waals surface area contributed by atoms with Crippen molar-refractivity contribution in [3.8, 4) is 0 Å². The lowest BCUT2D eigenvalue weighted by molar-refractivity contribution is 0.440. The topological polar surface area (TPSA) is 0 Å². The fourth-order valence-corrected chi connectivity index (χ4v) is 4.01. The first-order chi connectivity index (χ1) is 11.6. The molecule has 0 saturated heterocycles. The van der Waals surface area contributed by atoms with Gasteiger partial charge in [-0.1, -0.05) is 90.0 Å². The molecule has 1 aromatic carbocycles. The Morgan fingerprint density at radius 1 is 0.792 bits per heavy atom. The number of unbranched alkanes of at least 4 members (excludes halogenated alkanes) is 7. The van der Waals surface area contributed by atoms with Crippen molar-refractivity contribution in [2.45, 2.75) is 104 Å². The van der Waals surface area contributed by atoms with Crippen molar-refractivity contribution in [2.75, 3.05) is 0 Å². The molecule has 0 amide bonds. The molecule has 0 aliphatic heterocycles. The summed E-state index contributed by atoms with van der Waals surface area (Å²) in [5.74, 6) is 0.989. The van der Waals surface area contributed by atoms with Gasteiger partial charge in [0.1, 0.15) is 0 Å². The van der Waals surface area contributed by atoms with E-state index in [0.717, 1.165) is 5.92 Å². The Bertz CT molecular complexity index is 444. The summed E-state index contributed by atoms with van der Waals surface area (Å²) in [5, 5.41) is 0. The average molecular weight is 329 g/mol. The molecule has 1 fully saturated rings. The predicted octanol–water partition coefficient (Wildman–Crippen LogP) is 7.74. The van der Waals surface area contributed by atoms with E-state index in [2.05, 4.69) is 45.0 Å². The number of hydrogen-bond donors (Lipinski definition) is 0. The number of aryl methyl sites for hydroxylation is 2. The van der Waals surface area contributed by atoms with Crippen LogP contribution in [0.5, 0.6) is 0 Å². The number of benzene rings is 1. The summed E-state index contributed by atoms with van der Waals surface area (Å²) in [6.07, 6.45) is 18.0. The van der Waals surface area contributed by atoms with Gasteiger partial charge in [-0.3, -0.25) is 0 Å². The molecule has 0 N–H and O–H groups in total. The van der Waals surface area contributed by atoms with Crippen LogP contribution in [0.1, 0.15) is 103 Å². The van der Waals surface area contributed by atoms with E-state index >= 15 is 0 Å². The Balaban J connectivity index is 1.50. The highest BCUT2D eigenvalue weighted by Crippen LogP contribution is 2.55. The first-order valence-corrected chi connectivity index (χ1v) is 10.7. The van der Waals surface area contributed by atoms with Crippen LogP contribution in [0.25, 0.3) is 0 Å². The van der Waals surface area contributed by atoms with E-state index < -0.39 is 0 Å². The number of hydrogen-bond acceptors (Lipinski definition) is 0. The Hall–Kier alpha value is -0.780. The van der Waals surface area contributed by atoms with Gasteiger partial charge in [0.05, 0.1) is 0 Å². The quantitative estimate of drug-likeness (QED) is 0.325. The zero-order valence-corrected chi connectivity index (χ0v) is 16.6. The van der Waals surface area contributed by atoms with E-state index in [-0.39, 0.29) is 0 Å². The van der Waals surface area contributed by atoms with Crippen molar-refractivity contribution in [1.82, 2.24) is 0 Å². The lowest BCUT2D eigenvalue weighted by Gasteiger charge is -2.09. The SMILES string of the molecule is CCCCCCCc1ccc(CCCCCCC2(C)CC2C)cc1. The summed E-state index contributed by atoms with van der Waals surface area (Å²) in [5.41, 5.74) is 3.78. The molecule has 136 valence electrons. The summed E-state index contributed by atoms with van der Waals surface area (Å²) in [6, 6.07) is 9.47. The average Bonchev–Trinajstić information content (AvgIpc) is 3.18. The molecule has 1 aliphatic rings. The van der Waals surface area contributed by atoms with Gasteiger partial charge in [0.2, 0.25) is 0 Å².